The first kappa shape index (κ1) is 22.0. The Morgan fingerprint density at radius 1 is 1.16 bits per heavy atom. The molecule has 32 heavy (non-hydrogen) atoms. The Balaban J connectivity index is 1.61. The highest BCUT2D eigenvalue weighted by molar-refractivity contribution is 5.83. The molecule has 0 bridgehead atoms. The number of nitrogens with one attached hydrogen (secondary N) is 1. The van der Waals surface area contributed by atoms with Gasteiger partial charge in [0.05, 0.1) is 12.5 Å². The van der Waals surface area contributed by atoms with Crippen LogP contribution in [-0.2, 0) is 17.8 Å². The number of aromatic nitrogens is 1. The molecule has 166 valence electrons. The van der Waals surface area contributed by atoms with Crippen LogP contribution >= 0.6 is 0 Å². The number of hydrogen-bond acceptors (Lipinski definition) is 4. The summed E-state index contributed by atoms with van der Waals surface area (Å²) in [7, 11) is 3.44. The van der Waals surface area contributed by atoms with E-state index in [-0.39, 0.29) is 5.91 Å². The Labute approximate surface area is 190 Å². The van der Waals surface area contributed by atoms with Crippen LogP contribution < -0.4 is 10.1 Å². The molecule has 1 aromatic heterocycles. The number of piperidine rings is 1. The van der Waals surface area contributed by atoms with Gasteiger partial charge in [0.1, 0.15) is 5.75 Å². The van der Waals surface area contributed by atoms with Gasteiger partial charge in [0.15, 0.2) is 0 Å². The lowest BCUT2D eigenvalue weighted by Crippen LogP contribution is -2.52. The molecular weight excluding hydrogens is 398 g/mol. The predicted octanol–water partition coefficient (Wildman–Crippen LogP) is 4.33. The second kappa shape index (κ2) is 9.96. The van der Waals surface area contributed by atoms with E-state index >= 15 is 0 Å². The Morgan fingerprint density at radius 2 is 2.03 bits per heavy atom. The zero-order valence-electron chi connectivity index (χ0n) is 18.9. The van der Waals surface area contributed by atoms with Crippen LogP contribution in [0.15, 0.2) is 73.1 Å². The number of rotatable bonds is 7. The highest BCUT2D eigenvalue weighted by Crippen LogP contribution is 2.37. The first-order valence-corrected chi connectivity index (χ1v) is 11.2. The summed E-state index contributed by atoms with van der Waals surface area (Å²) in [4.78, 5) is 20.0. The van der Waals surface area contributed by atoms with Crippen LogP contribution in [0.1, 0.15) is 24.0 Å². The minimum absolute atomic E-state index is 0.119. The quantitative estimate of drug-likeness (QED) is 0.607. The van der Waals surface area contributed by atoms with Crippen molar-refractivity contribution in [1.82, 2.24) is 15.2 Å². The summed E-state index contributed by atoms with van der Waals surface area (Å²) in [6, 6.07) is 20.6. The summed E-state index contributed by atoms with van der Waals surface area (Å²) in [6.07, 6.45) is 6.25. The van der Waals surface area contributed by atoms with E-state index in [1.165, 1.54) is 11.1 Å². The van der Waals surface area contributed by atoms with Crippen molar-refractivity contribution in [3.8, 4) is 16.9 Å². The Kier molecular flexibility index (Phi) is 6.86. The smallest absolute Gasteiger partial charge is 0.227 e. The summed E-state index contributed by atoms with van der Waals surface area (Å²) in [5.41, 5.74) is 4.15. The number of hydrogen-bond donors (Lipinski definition) is 1. The summed E-state index contributed by atoms with van der Waals surface area (Å²) in [5, 5.41) is 2.96. The molecular formula is C27H31N3O2. The number of likely N-dealkylation sites (tertiary alicyclic amines) is 1. The maximum absolute atomic E-state index is 13.3. The van der Waals surface area contributed by atoms with Gasteiger partial charge in [-0.05, 0) is 60.7 Å². The van der Waals surface area contributed by atoms with Crippen LogP contribution in [0.3, 0.4) is 0 Å². The van der Waals surface area contributed by atoms with Crippen LogP contribution in [0.25, 0.3) is 11.1 Å². The zero-order valence-corrected chi connectivity index (χ0v) is 18.9. The van der Waals surface area contributed by atoms with E-state index in [0.29, 0.717) is 6.42 Å². The monoisotopic (exact) mass is 429 g/mol. The van der Waals surface area contributed by atoms with Crippen molar-refractivity contribution in [2.45, 2.75) is 25.8 Å². The molecule has 1 unspecified atom stereocenters. The van der Waals surface area contributed by atoms with Crippen LogP contribution in [-0.4, -0.2) is 43.0 Å². The maximum atomic E-state index is 13.3. The molecule has 1 amide bonds. The van der Waals surface area contributed by atoms with Crippen LogP contribution in [0.5, 0.6) is 5.75 Å². The van der Waals surface area contributed by atoms with E-state index in [0.717, 1.165) is 49.4 Å². The molecule has 1 saturated heterocycles. The molecule has 2 heterocycles. The molecule has 0 spiro atoms. The molecule has 3 aromatic rings. The van der Waals surface area contributed by atoms with Crippen LogP contribution in [0.2, 0.25) is 0 Å². The molecule has 0 saturated carbocycles. The molecule has 1 atom stereocenters. The van der Waals surface area contributed by atoms with Gasteiger partial charge in [-0.2, -0.15) is 0 Å². The van der Waals surface area contributed by atoms with Crippen molar-refractivity contribution >= 4 is 5.91 Å². The van der Waals surface area contributed by atoms with Crippen molar-refractivity contribution < 1.29 is 9.53 Å². The standard InChI is InChI=1S/C27H31N3O2/c1-28-26(31)27(17-22-9-3-4-12-25(22)23-10-6-14-29-18-23)13-7-15-30(20-27)19-21-8-5-11-24(16-21)32-2/h3-6,8-12,14,16,18H,7,13,15,17,19-20H2,1-2H3,(H,28,31). The number of carbonyl (C=O) groups is 1. The molecule has 5 heteroatoms. The number of nitrogens with zero attached hydrogens (tertiary/aromatic N) is 2. The largest absolute Gasteiger partial charge is 0.497 e. The average Bonchev–Trinajstić information content (AvgIpc) is 2.84. The molecule has 4 rings (SSSR count). The molecule has 1 N–H and O–H groups in total. The number of methoxy groups -OCH3 is 1. The minimum atomic E-state index is -0.468. The molecule has 1 aliphatic rings. The summed E-state index contributed by atoms with van der Waals surface area (Å²) >= 11 is 0. The Morgan fingerprint density at radius 3 is 2.81 bits per heavy atom. The van der Waals surface area contributed by atoms with Gasteiger partial charge < -0.3 is 10.1 Å². The third-order valence-corrected chi connectivity index (χ3v) is 6.42. The molecule has 0 radical (unpaired) electrons. The van der Waals surface area contributed by atoms with Crippen molar-refractivity contribution in [1.29, 1.82) is 0 Å². The van der Waals surface area contributed by atoms with Crippen LogP contribution in [0, 0.1) is 5.41 Å². The molecule has 1 aliphatic heterocycles. The lowest BCUT2D eigenvalue weighted by molar-refractivity contribution is -0.134. The van der Waals surface area contributed by atoms with Crippen molar-refractivity contribution in [2.24, 2.45) is 5.41 Å². The van der Waals surface area contributed by atoms with Crippen LogP contribution in [0.4, 0.5) is 0 Å². The molecule has 0 aliphatic carbocycles. The first-order chi connectivity index (χ1) is 15.6. The van der Waals surface area contributed by atoms with E-state index in [4.69, 9.17) is 4.74 Å². The van der Waals surface area contributed by atoms with E-state index in [2.05, 4.69) is 51.6 Å². The van der Waals surface area contributed by atoms with E-state index in [1.807, 2.05) is 30.5 Å². The summed E-state index contributed by atoms with van der Waals surface area (Å²) in [6.45, 7) is 2.52. The fourth-order valence-electron chi connectivity index (χ4n) is 4.91. The number of pyridine rings is 1. The number of ether oxygens (including phenoxy) is 1. The Hall–Kier alpha value is -3.18. The van der Waals surface area contributed by atoms with Gasteiger partial charge in [-0.3, -0.25) is 14.7 Å². The van der Waals surface area contributed by atoms with E-state index in [1.54, 1.807) is 20.4 Å². The van der Waals surface area contributed by atoms with Crippen molar-refractivity contribution in [3.05, 3.63) is 84.2 Å². The van der Waals surface area contributed by atoms with Gasteiger partial charge >= 0.3 is 0 Å². The maximum Gasteiger partial charge on any atom is 0.227 e. The second-order valence-corrected chi connectivity index (χ2v) is 8.60. The van der Waals surface area contributed by atoms with Gasteiger partial charge in [-0.15, -0.1) is 0 Å². The van der Waals surface area contributed by atoms with Crippen molar-refractivity contribution in [2.75, 3.05) is 27.2 Å². The summed E-state index contributed by atoms with van der Waals surface area (Å²) in [5.74, 6) is 0.983. The normalized spacial score (nSPS) is 18.8. The lowest BCUT2D eigenvalue weighted by Gasteiger charge is -2.42. The lowest BCUT2D eigenvalue weighted by atomic mass is 9.73. The van der Waals surface area contributed by atoms with Gasteiger partial charge in [0.25, 0.3) is 0 Å². The molecule has 1 fully saturated rings. The van der Waals surface area contributed by atoms with Gasteiger partial charge in [0, 0.05) is 38.1 Å². The van der Waals surface area contributed by atoms with Gasteiger partial charge in [-0.25, -0.2) is 0 Å². The van der Waals surface area contributed by atoms with Gasteiger partial charge in [-0.1, -0.05) is 42.5 Å². The first-order valence-electron chi connectivity index (χ1n) is 11.2. The zero-order chi connectivity index (χ0) is 22.4. The third-order valence-electron chi connectivity index (χ3n) is 6.42. The fourth-order valence-corrected chi connectivity index (χ4v) is 4.91. The highest BCUT2D eigenvalue weighted by Gasteiger charge is 2.42. The number of benzene rings is 2. The molecule has 5 nitrogen and oxygen atoms in total. The third kappa shape index (κ3) is 4.83. The number of carbonyl (C=O) groups excluding carboxylic acids is 1. The van der Waals surface area contributed by atoms with E-state index in [9.17, 15) is 4.79 Å². The Bertz CT molecular complexity index is 1050. The molecule has 2 aromatic carbocycles. The fraction of sp³-hybridized carbons (Fsp3) is 0.333. The van der Waals surface area contributed by atoms with Gasteiger partial charge in [0.2, 0.25) is 5.91 Å². The average molecular weight is 430 g/mol. The van der Waals surface area contributed by atoms with E-state index < -0.39 is 5.41 Å². The minimum Gasteiger partial charge on any atom is -0.497 e. The predicted molar refractivity (Wildman–Crippen MR) is 127 cm³/mol. The highest BCUT2D eigenvalue weighted by atomic mass is 16.5. The SMILES string of the molecule is CNC(=O)C1(Cc2ccccc2-c2cccnc2)CCCN(Cc2cccc(OC)c2)C1. The summed E-state index contributed by atoms with van der Waals surface area (Å²) < 4.78 is 5.39. The number of amides is 1. The second-order valence-electron chi connectivity index (χ2n) is 8.60. The topological polar surface area (TPSA) is 54.5 Å². The van der Waals surface area contributed by atoms with Crippen molar-refractivity contribution in [3.63, 3.8) is 0 Å².